The number of rotatable bonds is 18. The van der Waals surface area contributed by atoms with Crippen LogP contribution in [0.3, 0.4) is 0 Å². The molecule has 3 rings (SSSR count). The zero-order valence-electron chi connectivity index (χ0n) is 24.6. The summed E-state index contributed by atoms with van der Waals surface area (Å²) in [6.45, 7) is 6.61. The molecule has 1 aliphatic rings. The molecule has 2 aromatic rings. The van der Waals surface area contributed by atoms with Crippen LogP contribution >= 0.6 is 0 Å². The lowest BCUT2D eigenvalue weighted by Crippen LogP contribution is -2.25. The number of esters is 2. The van der Waals surface area contributed by atoms with Gasteiger partial charge in [0.2, 0.25) is 0 Å². The van der Waals surface area contributed by atoms with Crippen molar-refractivity contribution in [3.63, 3.8) is 0 Å². The smallest absolute Gasteiger partial charge is 0.330 e. The second-order valence-electron chi connectivity index (χ2n) is 11.0. The van der Waals surface area contributed by atoms with Crippen LogP contribution in [0, 0.1) is 11.8 Å². The Bertz CT molecular complexity index is 1080. The van der Waals surface area contributed by atoms with E-state index in [2.05, 4.69) is 13.5 Å². The van der Waals surface area contributed by atoms with Gasteiger partial charge < -0.3 is 14.2 Å². The maximum Gasteiger partial charge on any atom is 0.330 e. The fourth-order valence-corrected chi connectivity index (χ4v) is 5.25. The topological polar surface area (TPSA) is 78.9 Å². The first kappa shape index (κ1) is 32.1. The van der Waals surface area contributed by atoms with Crippen LogP contribution in [-0.4, -0.2) is 30.9 Å². The normalized spacial score (nSPS) is 16.5. The Morgan fingerprint density at radius 2 is 1.46 bits per heavy atom. The van der Waals surface area contributed by atoms with Crippen LogP contribution in [0.2, 0.25) is 0 Å². The molecule has 0 heterocycles. The summed E-state index contributed by atoms with van der Waals surface area (Å²) in [5, 5.41) is 0. The average Bonchev–Trinajstić information content (AvgIpc) is 3.00. The van der Waals surface area contributed by atoms with Crippen molar-refractivity contribution in [3.8, 4) is 11.5 Å². The molecular weight excluding hydrogens is 516 g/mol. The molecule has 0 aromatic heterocycles. The number of carbonyl (C=O) groups excluding carboxylic acids is 3. The van der Waals surface area contributed by atoms with Crippen molar-refractivity contribution in [1.82, 2.24) is 0 Å². The number of hydrogen-bond donors (Lipinski definition) is 0. The zero-order chi connectivity index (χ0) is 29.3. The van der Waals surface area contributed by atoms with E-state index in [-0.39, 0.29) is 30.1 Å². The number of Topliss-reactive ketones (excluding diaryl/α,β-unsaturated/α-hetero) is 1. The predicted molar refractivity (Wildman–Crippen MR) is 161 cm³/mol. The summed E-state index contributed by atoms with van der Waals surface area (Å²) in [5.74, 6) is 1.53. The standard InChI is InChI=1S/C35H46O6/c1-3-5-8-11-27-12-16-30(17-13-27)35(38)41-32-20-14-28(15-21-32)26-33(36)29-18-22-31(23-19-29)39-24-9-6-7-10-25-40-34(37)4-2/h4,14-15,18-23,27,30H,2-3,5-13,16-17,24-26H2,1H3. The first-order valence-corrected chi connectivity index (χ1v) is 15.3. The molecule has 6 heteroatoms. The summed E-state index contributed by atoms with van der Waals surface area (Å²) in [7, 11) is 0. The van der Waals surface area contributed by atoms with Gasteiger partial charge in [-0.15, -0.1) is 0 Å². The van der Waals surface area contributed by atoms with E-state index >= 15 is 0 Å². The van der Waals surface area contributed by atoms with Gasteiger partial charge in [-0.05, 0) is 99.2 Å². The van der Waals surface area contributed by atoms with Crippen LogP contribution in [0.5, 0.6) is 11.5 Å². The van der Waals surface area contributed by atoms with Gasteiger partial charge in [0.15, 0.2) is 5.78 Å². The molecule has 0 spiro atoms. The monoisotopic (exact) mass is 562 g/mol. The molecule has 1 saturated carbocycles. The summed E-state index contributed by atoms with van der Waals surface area (Å²) in [4.78, 5) is 36.4. The van der Waals surface area contributed by atoms with Crippen LogP contribution in [0.1, 0.15) is 99.9 Å². The molecule has 0 bridgehead atoms. The highest BCUT2D eigenvalue weighted by atomic mass is 16.5. The third-order valence-corrected chi connectivity index (χ3v) is 7.80. The Morgan fingerprint density at radius 1 is 0.805 bits per heavy atom. The number of ether oxygens (including phenoxy) is 3. The molecule has 0 aliphatic heterocycles. The van der Waals surface area contributed by atoms with E-state index < -0.39 is 0 Å². The Balaban J connectivity index is 1.33. The lowest BCUT2D eigenvalue weighted by molar-refractivity contribution is -0.140. The molecule has 1 aliphatic carbocycles. The minimum Gasteiger partial charge on any atom is -0.494 e. The van der Waals surface area contributed by atoms with E-state index in [1.165, 1.54) is 31.8 Å². The van der Waals surface area contributed by atoms with E-state index in [1.54, 1.807) is 24.3 Å². The third-order valence-electron chi connectivity index (χ3n) is 7.80. The highest BCUT2D eigenvalue weighted by Gasteiger charge is 2.27. The van der Waals surface area contributed by atoms with Gasteiger partial charge >= 0.3 is 11.9 Å². The number of carbonyl (C=O) groups is 3. The van der Waals surface area contributed by atoms with Crippen molar-refractivity contribution in [2.45, 2.75) is 90.4 Å². The second kappa shape index (κ2) is 18.1. The first-order chi connectivity index (χ1) is 20.0. The largest absolute Gasteiger partial charge is 0.494 e. The quantitative estimate of drug-likeness (QED) is 0.0601. The van der Waals surface area contributed by atoms with Gasteiger partial charge in [0.25, 0.3) is 0 Å². The Hall–Kier alpha value is -3.41. The van der Waals surface area contributed by atoms with E-state index in [0.29, 0.717) is 24.5 Å². The predicted octanol–water partition coefficient (Wildman–Crippen LogP) is 8.07. The molecule has 0 radical (unpaired) electrons. The number of benzene rings is 2. The van der Waals surface area contributed by atoms with Crippen LogP contribution in [0.4, 0.5) is 0 Å². The summed E-state index contributed by atoms with van der Waals surface area (Å²) >= 11 is 0. The van der Waals surface area contributed by atoms with E-state index in [1.807, 2.05) is 24.3 Å². The SMILES string of the molecule is C=CC(=O)OCCCCCCOc1ccc(C(=O)Cc2ccc(OC(=O)C3CCC(CCCCC)CC3)cc2)cc1. The summed E-state index contributed by atoms with van der Waals surface area (Å²) in [6, 6.07) is 14.5. The van der Waals surface area contributed by atoms with Crippen molar-refractivity contribution >= 4 is 17.7 Å². The van der Waals surface area contributed by atoms with Crippen molar-refractivity contribution in [3.05, 3.63) is 72.3 Å². The molecule has 0 saturated heterocycles. The maximum absolute atomic E-state index is 12.8. The van der Waals surface area contributed by atoms with Gasteiger partial charge in [-0.1, -0.05) is 51.3 Å². The van der Waals surface area contributed by atoms with E-state index in [0.717, 1.165) is 68.6 Å². The highest BCUT2D eigenvalue weighted by molar-refractivity contribution is 5.97. The van der Waals surface area contributed by atoms with Crippen LogP contribution in [0.15, 0.2) is 61.2 Å². The van der Waals surface area contributed by atoms with Gasteiger partial charge in [-0.3, -0.25) is 9.59 Å². The lowest BCUT2D eigenvalue weighted by atomic mass is 9.80. The summed E-state index contributed by atoms with van der Waals surface area (Å²) in [6.07, 6.45) is 14.3. The molecule has 6 nitrogen and oxygen atoms in total. The minimum absolute atomic E-state index is 0.00813. The molecule has 0 amide bonds. The third kappa shape index (κ3) is 11.9. The molecule has 41 heavy (non-hydrogen) atoms. The lowest BCUT2D eigenvalue weighted by Gasteiger charge is -2.27. The van der Waals surface area contributed by atoms with Gasteiger partial charge in [-0.25, -0.2) is 4.79 Å². The van der Waals surface area contributed by atoms with E-state index in [9.17, 15) is 14.4 Å². The Labute approximate surface area is 245 Å². The summed E-state index contributed by atoms with van der Waals surface area (Å²) < 4.78 is 16.4. The van der Waals surface area contributed by atoms with Gasteiger partial charge in [0, 0.05) is 18.1 Å². The Kier molecular flexibility index (Phi) is 14.2. The van der Waals surface area contributed by atoms with Crippen molar-refractivity contribution in [2.24, 2.45) is 11.8 Å². The van der Waals surface area contributed by atoms with Gasteiger partial charge in [-0.2, -0.15) is 0 Å². The molecule has 1 fully saturated rings. The fraction of sp³-hybridized carbons (Fsp3) is 0.514. The van der Waals surface area contributed by atoms with Crippen molar-refractivity contribution in [2.75, 3.05) is 13.2 Å². The average molecular weight is 563 g/mol. The summed E-state index contributed by atoms with van der Waals surface area (Å²) in [5.41, 5.74) is 1.51. The molecular formula is C35H46O6. The van der Waals surface area contributed by atoms with Crippen LogP contribution in [0.25, 0.3) is 0 Å². The Morgan fingerprint density at radius 3 is 2.12 bits per heavy atom. The molecule has 0 unspecified atom stereocenters. The number of ketones is 1. The molecule has 222 valence electrons. The van der Waals surface area contributed by atoms with E-state index in [4.69, 9.17) is 14.2 Å². The molecule has 0 N–H and O–H groups in total. The fourth-order valence-electron chi connectivity index (χ4n) is 5.25. The zero-order valence-corrected chi connectivity index (χ0v) is 24.6. The van der Waals surface area contributed by atoms with Crippen LogP contribution < -0.4 is 9.47 Å². The second-order valence-corrected chi connectivity index (χ2v) is 11.0. The minimum atomic E-state index is -0.383. The molecule has 0 atom stereocenters. The number of hydrogen-bond acceptors (Lipinski definition) is 6. The van der Waals surface area contributed by atoms with Crippen molar-refractivity contribution in [1.29, 1.82) is 0 Å². The highest BCUT2D eigenvalue weighted by Crippen LogP contribution is 2.33. The van der Waals surface area contributed by atoms with Gasteiger partial charge in [0.05, 0.1) is 19.1 Å². The number of unbranched alkanes of at least 4 members (excludes halogenated alkanes) is 5. The van der Waals surface area contributed by atoms with Crippen LogP contribution in [-0.2, 0) is 20.7 Å². The maximum atomic E-state index is 12.8. The molecule has 2 aromatic carbocycles. The first-order valence-electron chi connectivity index (χ1n) is 15.3. The van der Waals surface area contributed by atoms with Gasteiger partial charge in [0.1, 0.15) is 11.5 Å². The van der Waals surface area contributed by atoms with Crippen molar-refractivity contribution < 1.29 is 28.6 Å².